The third-order valence-corrected chi connectivity index (χ3v) is 4.13. The standard InChI is InChI=1S/C18H14ClN5O2/c19-14-9-11(1-5-20-14)2-6-22-18(25)13-3-7-21-17-15(13)23-16(24-17)12-4-8-26-10-12/h1,3-5,7-10H,2,6H2,(H,22,25)(H,21,23,24). The normalized spacial score (nSPS) is 11.0. The van der Waals surface area contributed by atoms with Crippen LogP contribution in [0.1, 0.15) is 15.9 Å². The van der Waals surface area contributed by atoms with Gasteiger partial charge in [0.05, 0.1) is 22.9 Å². The van der Waals surface area contributed by atoms with Crippen molar-refractivity contribution >= 4 is 28.7 Å². The molecule has 4 aromatic rings. The number of H-pyrrole nitrogens is 1. The van der Waals surface area contributed by atoms with Gasteiger partial charge < -0.3 is 14.7 Å². The minimum atomic E-state index is -0.194. The lowest BCUT2D eigenvalue weighted by molar-refractivity contribution is 0.0955. The van der Waals surface area contributed by atoms with Crippen molar-refractivity contribution in [3.05, 3.63) is 65.5 Å². The fourth-order valence-electron chi connectivity index (χ4n) is 2.65. The van der Waals surface area contributed by atoms with Crippen LogP contribution in [0.4, 0.5) is 0 Å². The van der Waals surface area contributed by atoms with Crippen LogP contribution in [0.5, 0.6) is 0 Å². The molecule has 0 saturated heterocycles. The molecule has 0 aromatic carbocycles. The van der Waals surface area contributed by atoms with Gasteiger partial charge in [0.25, 0.3) is 5.91 Å². The highest BCUT2D eigenvalue weighted by atomic mass is 35.5. The zero-order chi connectivity index (χ0) is 17.9. The molecule has 0 atom stereocenters. The van der Waals surface area contributed by atoms with Crippen molar-refractivity contribution in [3.8, 4) is 11.4 Å². The van der Waals surface area contributed by atoms with E-state index in [1.54, 1.807) is 43.1 Å². The number of carbonyl (C=O) groups excluding carboxylic acids is 1. The Labute approximate surface area is 153 Å². The van der Waals surface area contributed by atoms with Crippen molar-refractivity contribution in [2.24, 2.45) is 0 Å². The molecule has 0 radical (unpaired) electrons. The molecule has 0 aliphatic rings. The number of pyridine rings is 2. The number of nitrogens with one attached hydrogen (secondary N) is 2. The third kappa shape index (κ3) is 3.29. The first-order chi connectivity index (χ1) is 12.7. The van der Waals surface area contributed by atoms with E-state index in [9.17, 15) is 4.79 Å². The van der Waals surface area contributed by atoms with Crippen molar-refractivity contribution in [1.29, 1.82) is 0 Å². The van der Waals surface area contributed by atoms with E-state index in [0.29, 0.717) is 40.7 Å². The Morgan fingerprint density at radius 1 is 1.23 bits per heavy atom. The number of aromatic nitrogens is 4. The monoisotopic (exact) mass is 367 g/mol. The van der Waals surface area contributed by atoms with Crippen LogP contribution in [0.25, 0.3) is 22.6 Å². The molecule has 0 aliphatic heterocycles. The van der Waals surface area contributed by atoms with Crippen molar-refractivity contribution in [1.82, 2.24) is 25.3 Å². The van der Waals surface area contributed by atoms with Gasteiger partial charge in [-0.3, -0.25) is 4.79 Å². The average molecular weight is 368 g/mol. The van der Waals surface area contributed by atoms with Crippen LogP contribution in [-0.4, -0.2) is 32.4 Å². The first kappa shape index (κ1) is 16.3. The fraction of sp³-hybridized carbons (Fsp3) is 0.111. The van der Waals surface area contributed by atoms with Crippen LogP contribution in [0, 0.1) is 0 Å². The van der Waals surface area contributed by atoms with Gasteiger partial charge in [0.1, 0.15) is 17.2 Å². The minimum absolute atomic E-state index is 0.194. The molecule has 7 nitrogen and oxygen atoms in total. The number of aromatic amines is 1. The van der Waals surface area contributed by atoms with E-state index in [1.807, 2.05) is 6.07 Å². The molecule has 0 fully saturated rings. The Balaban J connectivity index is 1.51. The Morgan fingerprint density at radius 2 is 2.12 bits per heavy atom. The average Bonchev–Trinajstić information content (AvgIpc) is 3.30. The van der Waals surface area contributed by atoms with Crippen LogP contribution in [0.3, 0.4) is 0 Å². The summed E-state index contributed by atoms with van der Waals surface area (Å²) in [6.45, 7) is 0.478. The Bertz CT molecular complexity index is 1060. The van der Waals surface area contributed by atoms with E-state index >= 15 is 0 Å². The molecule has 26 heavy (non-hydrogen) atoms. The van der Waals surface area contributed by atoms with Crippen LogP contribution in [-0.2, 0) is 6.42 Å². The Morgan fingerprint density at radius 3 is 2.92 bits per heavy atom. The number of rotatable bonds is 5. The molecule has 130 valence electrons. The van der Waals surface area contributed by atoms with Crippen LogP contribution >= 0.6 is 11.6 Å². The molecule has 0 aliphatic carbocycles. The van der Waals surface area contributed by atoms with Crippen molar-refractivity contribution in [2.45, 2.75) is 6.42 Å². The summed E-state index contributed by atoms with van der Waals surface area (Å²) in [7, 11) is 0. The second kappa shape index (κ2) is 6.97. The number of halogens is 1. The second-order valence-electron chi connectivity index (χ2n) is 5.65. The quantitative estimate of drug-likeness (QED) is 0.528. The molecule has 4 rings (SSSR count). The summed E-state index contributed by atoms with van der Waals surface area (Å²) in [4.78, 5) is 28.3. The zero-order valence-electron chi connectivity index (χ0n) is 13.6. The van der Waals surface area contributed by atoms with Gasteiger partial charge in [-0.1, -0.05) is 11.6 Å². The van der Waals surface area contributed by atoms with E-state index < -0.39 is 0 Å². The largest absolute Gasteiger partial charge is 0.472 e. The molecule has 0 bridgehead atoms. The van der Waals surface area contributed by atoms with Crippen LogP contribution < -0.4 is 5.32 Å². The van der Waals surface area contributed by atoms with Crippen LogP contribution in [0.15, 0.2) is 53.6 Å². The van der Waals surface area contributed by atoms with Gasteiger partial charge >= 0.3 is 0 Å². The number of carbonyl (C=O) groups is 1. The van der Waals surface area contributed by atoms with E-state index in [0.717, 1.165) is 11.1 Å². The molecule has 1 amide bonds. The summed E-state index contributed by atoms with van der Waals surface area (Å²) in [5.74, 6) is 0.410. The maximum atomic E-state index is 12.6. The lowest BCUT2D eigenvalue weighted by Crippen LogP contribution is -2.26. The summed E-state index contributed by atoms with van der Waals surface area (Å²) in [5, 5.41) is 3.35. The molecular formula is C18H14ClN5O2. The van der Waals surface area contributed by atoms with Gasteiger partial charge in [0, 0.05) is 18.9 Å². The number of fused-ring (bicyclic) bond motifs is 1. The summed E-state index contributed by atoms with van der Waals surface area (Å²) < 4.78 is 5.07. The molecule has 2 N–H and O–H groups in total. The molecule has 8 heteroatoms. The number of hydrogen-bond acceptors (Lipinski definition) is 5. The molecular weight excluding hydrogens is 354 g/mol. The van der Waals surface area contributed by atoms with Gasteiger partial charge in [-0.15, -0.1) is 0 Å². The summed E-state index contributed by atoms with van der Waals surface area (Å²) >= 11 is 5.87. The Kier molecular flexibility index (Phi) is 4.37. The number of furan rings is 1. The molecule has 4 heterocycles. The highest BCUT2D eigenvalue weighted by molar-refractivity contribution is 6.29. The second-order valence-corrected chi connectivity index (χ2v) is 6.03. The topological polar surface area (TPSA) is 96.7 Å². The van der Waals surface area contributed by atoms with E-state index in [4.69, 9.17) is 16.0 Å². The highest BCUT2D eigenvalue weighted by Gasteiger charge is 2.15. The SMILES string of the molecule is O=C(NCCc1ccnc(Cl)c1)c1ccnc2nc(-c3ccoc3)[nH]c12. The maximum absolute atomic E-state index is 12.6. The van der Waals surface area contributed by atoms with Crippen molar-refractivity contribution < 1.29 is 9.21 Å². The highest BCUT2D eigenvalue weighted by Crippen LogP contribution is 2.21. The number of amides is 1. The lowest BCUT2D eigenvalue weighted by Gasteiger charge is -2.06. The van der Waals surface area contributed by atoms with E-state index in [1.165, 1.54) is 0 Å². The van der Waals surface area contributed by atoms with Gasteiger partial charge in [0.2, 0.25) is 0 Å². The number of nitrogens with zero attached hydrogens (tertiary/aromatic N) is 3. The minimum Gasteiger partial charge on any atom is -0.472 e. The molecule has 0 spiro atoms. The lowest BCUT2D eigenvalue weighted by atomic mass is 10.2. The van der Waals surface area contributed by atoms with Crippen molar-refractivity contribution in [2.75, 3.05) is 6.54 Å². The Hall–Kier alpha value is -3.19. The molecule has 0 saturated carbocycles. The molecule has 4 aromatic heterocycles. The van der Waals surface area contributed by atoms with Gasteiger partial charge in [-0.2, -0.15) is 0 Å². The predicted molar refractivity (Wildman–Crippen MR) is 96.9 cm³/mol. The first-order valence-electron chi connectivity index (χ1n) is 7.96. The summed E-state index contributed by atoms with van der Waals surface area (Å²) in [5.41, 5.74) is 3.37. The summed E-state index contributed by atoms with van der Waals surface area (Å²) in [6.07, 6.45) is 7.02. The van der Waals surface area contributed by atoms with Gasteiger partial charge in [-0.25, -0.2) is 15.0 Å². The smallest absolute Gasteiger partial charge is 0.253 e. The van der Waals surface area contributed by atoms with Crippen LogP contribution in [0.2, 0.25) is 5.15 Å². The summed E-state index contributed by atoms with van der Waals surface area (Å²) in [6, 6.07) is 7.11. The third-order valence-electron chi connectivity index (χ3n) is 3.92. The maximum Gasteiger partial charge on any atom is 0.253 e. The number of imidazole rings is 1. The fourth-order valence-corrected chi connectivity index (χ4v) is 2.85. The van der Waals surface area contributed by atoms with Crippen molar-refractivity contribution in [3.63, 3.8) is 0 Å². The van der Waals surface area contributed by atoms with Gasteiger partial charge in [-0.05, 0) is 36.2 Å². The first-order valence-corrected chi connectivity index (χ1v) is 8.34. The van der Waals surface area contributed by atoms with E-state index in [-0.39, 0.29) is 5.91 Å². The number of hydrogen-bond donors (Lipinski definition) is 2. The molecule has 0 unspecified atom stereocenters. The predicted octanol–water partition coefficient (Wildman–Crippen LogP) is 3.24. The van der Waals surface area contributed by atoms with Gasteiger partial charge in [0.15, 0.2) is 5.65 Å². The van der Waals surface area contributed by atoms with E-state index in [2.05, 4.69) is 25.3 Å². The zero-order valence-corrected chi connectivity index (χ0v) is 14.3.